The molecule has 0 radical (unpaired) electrons. The molecule has 3 N–H and O–H groups in total. The van der Waals surface area contributed by atoms with E-state index in [2.05, 4.69) is 0 Å². The number of aryl methyl sites for hydroxylation is 1. The highest BCUT2D eigenvalue weighted by molar-refractivity contribution is 5.94. The zero-order chi connectivity index (χ0) is 19.2. The zero-order valence-corrected chi connectivity index (χ0v) is 15.9. The second-order valence-electron chi connectivity index (χ2n) is 7.43. The highest BCUT2D eigenvalue weighted by atomic mass is 16.2. The lowest BCUT2D eigenvalue weighted by atomic mass is 9.97. The number of nitrogens with two attached hydrogens (primary N) is 1. The second-order valence-corrected chi connectivity index (χ2v) is 7.43. The van der Waals surface area contributed by atoms with Gasteiger partial charge in [-0.05, 0) is 43.0 Å². The zero-order valence-electron chi connectivity index (χ0n) is 15.9. The molecule has 27 heavy (non-hydrogen) atoms. The van der Waals surface area contributed by atoms with Gasteiger partial charge < -0.3 is 15.5 Å². The maximum atomic E-state index is 13.2. The SMILES string of the molecule is Cc1cccc(N(Cc2ccccc2)C(=O)C[NH+]2CCC[C@@H](C(N)=O)C2)c1. The third-order valence-corrected chi connectivity index (χ3v) is 5.22. The van der Waals surface area contributed by atoms with Crippen LogP contribution in [-0.2, 0) is 16.1 Å². The van der Waals surface area contributed by atoms with Crippen molar-refractivity contribution < 1.29 is 14.5 Å². The van der Waals surface area contributed by atoms with Crippen molar-refractivity contribution in [1.82, 2.24) is 0 Å². The van der Waals surface area contributed by atoms with Crippen LogP contribution in [0, 0.1) is 12.8 Å². The molecule has 0 aliphatic carbocycles. The van der Waals surface area contributed by atoms with Crippen LogP contribution in [0.1, 0.15) is 24.0 Å². The minimum absolute atomic E-state index is 0.0737. The number of nitrogens with zero attached hydrogens (tertiary/aromatic N) is 1. The fraction of sp³-hybridized carbons (Fsp3) is 0.364. The summed E-state index contributed by atoms with van der Waals surface area (Å²) < 4.78 is 0. The Morgan fingerprint density at radius 3 is 2.63 bits per heavy atom. The van der Waals surface area contributed by atoms with Crippen molar-refractivity contribution >= 4 is 17.5 Å². The molecule has 0 spiro atoms. The van der Waals surface area contributed by atoms with E-state index in [1.54, 1.807) is 0 Å². The summed E-state index contributed by atoms with van der Waals surface area (Å²) in [7, 11) is 0. The van der Waals surface area contributed by atoms with Gasteiger partial charge in [-0.3, -0.25) is 9.59 Å². The summed E-state index contributed by atoms with van der Waals surface area (Å²) in [6, 6.07) is 18.0. The smallest absolute Gasteiger partial charge is 0.282 e. The van der Waals surface area contributed by atoms with Crippen molar-refractivity contribution in [2.75, 3.05) is 24.5 Å². The molecule has 5 heteroatoms. The number of rotatable bonds is 6. The van der Waals surface area contributed by atoms with E-state index in [4.69, 9.17) is 5.73 Å². The van der Waals surface area contributed by atoms with Crippen LogP contribution in [0.5, 0.6) is 0 Å². The fourth-order valence-electron chi connectivity index (χ4n) is 3.75. The van der Waals surface area contributed by atoms with Gasteiger partial charge >= 0.3 is 0 Å². The van der Waals surface area contributed by atoms with Crippen molar-refractivity contribution in [3.8, 4) is 0 Å². The minimum atomic E-state index is -0.250. The molecule has 2 aromatic carbocycles. The maximum absolute atomic E-state index is 13.2. The average molecular weight is 366 g/mol. The second kappa shape index (κ2) is 8.82. The summed E-state index contributed by atoms with van der Waals surface area (Å²) >= 11 is 0. The van der Waals surface area contributed by atoms with Crippen molar-refractivity contribution in [3.63, 3.8) is 0 Å². The van der Waals surface area contributed by atoms with Gasteiger partial charge in [0, 0.05) is 5.69 Å². The lowest BCUT2D eigenvalue weighted by Crippen LogP contribution is -3.15. The van der Waals surface area contributed by atoms with Crippen molar-refractivity contribution in [1.29, 1.82) is 0 Å². The van der Waals surface area contributed by atoms with Gasteiger partial charge in [-0.2, -0.15) is 0 Å². The Labute approximate surface area is 160 Å². The van der Waals surface area contributed by atoms with Gasteiger partial charge in [0.2, 0.25) is 5.91 Å². The predicted molar refractivity (Wildman–Crippen MR) is 106 cm³/mol. The Bertz CT molecular complexity index is 791. The van der Waals surface area contributed by atoms with Gasteiger partial charge in [-0.1, -0.05) is 42.5 Å². The van der Waals surface area contributed by atoms with E-state index < -0.39 is 0 Å². The Morgan fingerprint density at radius 2 is 1.93 bits per heavy atom. The molecule has 1 fully saturated rings. The number of anilines is 1. The molecule has 1 heterocycles. The van der Waals surface area contributed by atoms with Crippen LogP contribution < -0.4 is 15.5 Å². The molecule has 0 bridgehead atoms. The van der Waals surface area contributed by atoms with E-state index in [-0.39, 0.29) is 17.7 Å². The first-order valence-electron chi connectivity index (χ1n) is 9.57. The van der Waals surface area contributed by atoms with Crippen LogP contribution in [0.4, 0.5) is 5.69 Å². The van der Waals surface area contributed by atoms with E-state index in [0.717, 1.165) is 41.1 Å². The Morgan fingerprint density at radius 1 is 1.15 bits per heavy atom. The lowest BCUT2D eigenvalue weighted by Gasteiger charge is -2.30. The van der Waals surface area contributed by atoms with Crippen molar-refractivity contribution in [2.45, 2.75) is 26.3 Å². The molecule has 1 unspecified atom stereocenters. The molecule has 0 saturated carbocycles. The first-order chi connectivity index (χ1) is 13.0. The molecule has 2 amide bonds. The molecule has 1 aliphatic rings. The predicted octanol–water partition coefficient (Wildman–Crippen LogP) is 1.31. The highest BCUT2D eigenvalue weighted by Crippen LogP contribution is 2.19. The number of piperidine rings is 1. The van der Waals surface area contributed by atoms with Crippen LogP contribution in [-0.4, -0.2) is 31.4 Å². The monoisotopic (exact) mass is 366 g/mol. The van der Waals surface area contributed by atoms with Crippen molar-refractivity contribution in [3.05, 3.63) is 65.7 Å². The average Bonchev–Trinajstić information content (AvgIpc) is 2.67. The van der Waals surface area contributed by atoms with Crippen LogP contribution in [0.15, 0.2) is 54.6 Å². The normalized spacial score (nSPS) is 19.4. The third-order valence-electron chi connectivity index (χ3n) is 5.22. The molecule has 2 atom stereocenters. The molecule has 1 saturated heterocycles. The summed E-state index contributed by atoms with van der Waals surface area (Å²) in [5.41, 5.74) is 8.61. The van der Waals surface area contributed by atoms with Crippen molar-refractivity contribution in [2.24, 2.45) is 11.7 Å². The Kier molecular flexibility index (Phi) is 6.24. The largest absolute Gasteiger partial charge is 0.369 e. The number of hydrogen-bond acceptors (Lipinski definition) is 2. The molecule has 142 valence electrons. The van der Waals surface area contributed by atoms with Crippen LogP contribution in [0.3, 0.4) is 0 Å². The molecule has 2 aromatic rings. The van der Waals surface area contributed by atoms with Crippen LogP contribution in [0.25, 0.3) is 0 Å². The fourth-order valence-corrected chi connectivity index (χ4v) is 3.75. The molecule has 5 nitrogen and oxygen atoms in total. The number of hydrogen-bond donors (Lipinski definition) is 2. The number of quaternary nitrogens is 1. The minimum Gasteiger partial charge on any atom is -0.369 e. The number of likely N-dealkylation sites (tertiary alicyclic amines) is 1. The first-order valence-corrected chi connectivity index (χ1v) is 9.57. The Hall–Kier alpha value is -2.66. The molecular formula is C22H28N3O2+. The number of amides is 2. The van der Waals surface area contributed by atoms with E-state index in [1.807, 2.05) is 66.4 Å². The number of benzene rings is 2. The van der Waals surface area contributed by atoms with Gasteiger partial charge in [0.05, 0.1) is 25.6 Å². The summed E-state index contributed by atoms with van der Waals surface area (Å²) in [5.74, 6) is -0.299. The van der Waals surface area contributed by atoms with Gasteiger partial charge in [-0.25, -0.2) is 0 Å². The number of nitrogens with one attached hydrogen (secondary N) is 1. The van der Waals surface area contributed by atoms with Crippen LogP contribution >= 0.6 is 0 Å². The molecule has 0 aromatic heterocycles. The van der Waals surface area contributed by atoms with Gasteiger partial charge in [0.25, 0.3) is 5.91 Å². The number of carbonyl (C=O) groups excluding carboxylic acids is 2. The summed E-state index contributed by atoms with van der Waals surface area (Å²) in [6.45, 7) is 4.50. The van der Waals surface area contributed by atoms with Gasteiger partial charge in [0.15, 0.2) is 6.54 Å². The summed E-state index contributed by atoms with van der Waals surface area (Å²) in [5, 5.41) is 0. The quantitative estimate of drug-likeness (QED) is 0.809. The lowest BCUT2D eigenvalue weighted by molar-refractivity contribution is -0.899. The van der Waals surface area contributed by atoms with E-state index >= 15 is 0 Å². The van der Waals surface area contributed by atoms with E-state index in [0.29, 0.717) is 19.6 Å². The summed E-state index contributed by atoms with van der Waals surface area (Å²) in [6.07, 6.45) is 1.76. The molecular weight excluding hydrogens is 338 g/mol. The standard InChI is InChI=1S/C22H27N3O2/c1-17-7-5-11-20(13-17)25(14-18-8-3-2-4-9-18)21(26)16-24-12-6-10-19(15-24)22(23)27/h2-5,7-9,11,13,19H,6,10,12,14-16H2,1H3,(H2,23,27)/p+1/t19-/m1/s1. The molecule has 3 rings (SSSR count). The number of carbonyl (C=O) groups is 2. The van der Waals surface area contributed by atoms with Gasteiger partial charge in [-0.15, -0.1) is 0 Å². The van der Waals surface area contributed by atoms with E-state index in [1.165, 1.54) is 0 Å². The molecule has 1 aliphatic heterocycles. The van der Waals surface area contributed by atoms with Crippen LogP contribution in [0.2, 0.25) is 0 Å². The van der Waals surface area contributed by atoms with Gasteiger partial charge in [0.1, 0.15) is 0 Å². The maximum Gasteiger partial charge on any atom is 0.282 e. The Balaban J connectivity index is 1.77. The third kappa shape index (κ3) is 5.17. The summed E-state index contributed by atoms with van der Waals surface area (Å²) in [4.78, 5) is 27.7. The first kappa shape index (κ1) is 19.1. The number of primary amides is 1. The topological polar surface area (TPSA) is 67.8 Å². The van der Waals surface area contributed by atoms with E-state index in [9.17, 15) is 9.59 Å². The highest BCUT2D eigenvalue weighted by Gasteiger charge is 2.30.